The number of ether oxygens (including phenoxy) is 1. The third kappa shape index (κ3) is 2.10. The maximum absolute atomic E-state index is 5.55. The van der Waals surface area contributed by atoms with Crippen molar-refractivity contribution in [3.8, 4) is 5.88 Å². The zero-order valence-corrected chi connectivity index (χ0v) is 9.03. The molecule has 16 heavy (non-hydrogen) atoms. The van der Waals surface area contributed by atoms with Gasteiger partial charge in [0.25, 0.3) is 0 Å². The second-order valence-corrected chi connectivity index (χ2v) is 3.57. The van der Waals surface area contributed by atoms with Gasteiger partial charge in [0, 0.05) is 6.42 Å². The highest BCUT2D eigenvalue weighted by molar-refractivity contribution is 5.80. The van der Waals surface area contributed by atoms with Crippen LogP contribution < -0.4 is 10.5 Å². The van der Waals surface area contributed by atoms with Crippen molar-refractivity contribution in [1.82, 2.24) is 20.2 Å². The van der Waals surface area contributed by atoms with E-state index in [4.69, 9.17) is 10.5 Å². The fourth-order valence-corrected chi connectivity index (χ4v) is 1.26. The number of hydrogen-bond acceptors (Lipinski definition) is 5. The minimum absolute atomic E-state index is 0.169. The Kier molecular flexibility index (Phi) is 2.72. The number of nitrogens with two attached hydrogens (primary N) is 1. The number of hydrogen-bond donors (Lipinski definition) is 2. The van der Waals surface area contributed by atoms with E-state index in [2.05, 4.69) is 26.7 Å². The first kappa shape index (κ1) is 10.4. The lowest BCUT2D eigenvalue weighted by molar-refractivity contribution is 0.313. The highest BCUT2D eigenvalue weighted by Gasteiger charge is 2.08. The molecule has 0 atom stereocenters. The molecular weight excluding hydrogens is 206 g/mol. The molecule has 6 heteroatoms. The van der Waals surface area contributed by atoms with Gasteiger partial charge in [-0.2, -0.15) is 15.1 Å². The van der Waals surface area contributed by atoms with Gasteiger partial charge in [-0.15, -0.1) is 6.58 Å². The summed E-state index contributed by atoms with van der Waals surface area (Å²) in [6.07, 6.45) is 2.40. The molecule has 0 saturated carbocycles. The molecule has 0 aliphatic heterocycles. The van der Waals surface area contributed by atoms with Gasteiger partial charge in [0.05, 0.1) is 12.8 Å². The van der Waals surface area contributed by atoms with Gasteiger partial charge in [-0.3, -0.25) is 5.10 Å². The van der Waals surface area contributed by atoms with Crippen molar-refractivity contribution < 1.29 is 4.74 Å². The maximum atomic E-state index is 5.55. The van der Waals surface area contributed by atoms with Crippen LogP contribution in [0.4, 0.5) is 5.95 Å². The lowest BCUT2D eigenvalue weighted by atomic mass is 10.3. The molecule has 0 fully saturated rings. The van der Waals surface area contributed by atoms with Crippen LogP contribution in [0.2, 0.25) is 0 Å². The zero-order chi connectivity index (χ0) is 11.5. The van der Waals surface area contributed by atoms with Crippen LogP contribution in [0.3, 0.4) is 0 Å². The van der Waals surface area contributed by atoms with E-state index in [1.807, 2.05) is 6.92 Å². The average Bonchev–Trinajstić information content (AvgIpc) is 2.64. The Bertz CT molecular complexity index is 519. The van der Waals surface area contributed by atoms with E-state index in [1.165, 1.54) is 0 Å². The molecule has 0 unspecified atom stereocenters. The van der Waals surface area contributed by atoms with Crippen molar-refractivity contribution in [2.24, 2.45) is 0 Å². The molecule has 0 aromatic carbocycles. The fraction of sp³-hybridized carbons (Fsp3) is 0.300. The summed E-state index contributed by atoms with van der Waals surface area (Å²) in [6, 6.07) is 0. The zero-order valence-electron chi connectivity index (χ0n) is 9.03. The first-order chi connectivity index (χ1) is 7.66. The van der Waals surface area contributed by atoms with Crippen LogP contribution in [0.15, 0.2) is 18.3 Å². The SMILES string of the molecule is C=C(C)CCOc1nc(N)nc2[nH]ncc12. The number of nitrogens with zero attached hydrogens (tertiary/aromatic N) is 3. The van der Waals surface area contributed by atoms with Gasteiger partial charge in [0.2, 0.25) is 11.8 Å². The van der Waals surface area contributed by atoms with Crippen molar-refractivity contribution >= 4 is 17.0 Å². The summed E-state index contributed by atoms with van der Waals surface area (Å²) in [5, 5.41) is 7.32. The average molecular weight is 219 g/mol. The molecule has 0 amide bonds. The molecule has 0 spiro atoms. The standard InChI is InChI=1S/C10H13N5O/c1-6(2)3-4-16-9-7-5-12-15-8(7)13-10(11)14-9/h5H,1,3-4H2,2H3,(H3,11,12,13,14,15). The van der Waals surface area contributed by atoms with Gasteiger partial charge in [-0.05, 0) is 6.92 Å². The molecular formula is C10H13N5O. The first-order valence-corrected chi connectivity index (χ1v) is 4.90. The smallest absolute Gasteiger partial charge is 0.229 e. The molecule has 0 saturated heterocycles. The normalized spacial score (nSPS) is 10.6. The number of aromatic nitrogens is 4. The number of aromatic amines is 1. The monoisotopic (exact) mass is 219 g/mol. The number of nitrogen functional groups attached to an aromatic ring is 1. The predicted molar refractivity (Wildman–Crippen MR) is 61.0 cm³/mol. The second kappa shape index (κ2) is 4.18. The fourth-order valence-electron chi connectivity index (χ4n) is 1.26. The summed E-state index contributed by atoms with van der Waals surface area (Å²) >= 11 is 0. The Morgan fingerprint density at radius 1 is 1.56 bits per heavy atom. The summed E-state index contributed by atoms with van der Waals surface area (Å²) < 4.78 is 5.52. The van der Waals surface area contributed by atoms with Crippen LogP contribution in [0.1, 0.15) is 13.3 Å². The minimum Gasteiger partial charge on any atom is -0.477 e. The largest absolute Gasteiger partial charge is 0.477 e. The number of H-pyrrole nitrogens is 1. The van der Waals surface area contributed by atoms with E-state index in [0.717, 1.165) is 17.4 Å². The van der Waals surface area contributed by atoms with E-state index >= 15 is 0 Å². The molecule has 0 aliphatic carbocycles. The first-order valence-electron chi connectivity index (χ1n) is 4.90. The Morgan fingerprint density at radius 3 is 3.12 bits per heavy atom. The van der Waals surface area contributed by atoms with Gasteiger partial charge in [-0.1, -0.05) is 5.57 Å². The Labute approximate surface area is 92.5 Å². The molecule has 6 nitrogen and oxygen atoms in total. The van der Waals surface area contributed by atoms with Crippen LogP contribution in [0, 0.1) is 0 Å². The van der Waals surface area contributed by atoms with Crippen molar-refractivity contribution in [2.45, 2.75) is 13.3 Å². The third-order valence-electron chi connectivity index (χ3n) is 2.06. The van der Waals surface area contributed by atoms with Gasteiger partial charge >= 0.3 is 0 Å². The van der Waals surface area contributed by atoms with Crippen LogP contribution in [0.5, 0.6) is 5.88 Å². The summed E-state index contributed by atoms with van der Waals surface area (Å²) in [6.45, 7) is 6.27. The third-order valence-corrected chi connectivity index (χ3v) is 2.06. The molecule has 0 radical (unpaired) electrons. The highest BCUT2D eigenvalue weighted by atomic mass is 16.5. The van der Waals surface area contributed by atoms with E-state index in [9.17, 15) is 0 Å². The molecule has 2 aromatic rings. The van der Waals surface area contributed by atoms with Crippen molar-refractivity contribution in [2.75, 3.05) is 12.3 Å². The maximum Gasteiger partial charge on any atom is 0.229 e. The highest BCUT2D eigenvalue weighted by Crippen LogP contribution is 2.21. The minimum atomic E-state index is 0.169. The van der Waals surface area contributed by atoms with Crippen LogP contribution in [0.25, 0.3) is 11.0 Å². The molecule has 2 heterocycles. The molecule has 2 rings (SSSR count). The van der Waals surface area contributed by atoms with Crippen molar-refractivity contribution in [3.05, 3.63) is 18.3 Å². The summed E-state index contributed by atoms with van der Waals surface area (Å²) in [7, 11) is 0. The summed E-state index contributed by atoms with van der Waals surface area (Å²) in [4.78, 5) is 8.02. The quantitative estimate of drug-likeness (QED) is 0.756. The molecule has 0 bridgehead atoms. The van der Waals surface area contributed by atoms with Crippen LogP contribution in [-0.4, -0.2) is 26.8 Å². The second-order valence-electron chi connectivity index (χ2n) is 3.57. The van der Waals surface area contributed by atoms with Gasteiger partial charge in [-0.25, -0.2) is 0 Å². The lowest BCUT2D eigenvalue weighted by Crippen LogP contribution is -2.03. The Balaban J connectivity index is 2.22. The topological polar surface area (TPSA) is 89.7 Å². The van der Waals surface area contributed by atoms with Crippen molar-refractivity contribution in [1.29, 1.82) is 0 Å². The Morgan fingerprint density at radius 2 is 2.38 bits per heavy atom. The summed E-state index contributed by atoms with van der Waals surface area (Å²) in [5.41, 5.74) is 7.19. The summed E-state index contributed by atoms with van der Waals surface area (Å²) in [5.74, 6) is 0.625. The van der Waals surface area contributed by atoms with E-state index in [0.29, 0.717) is 18.1 Å². The molecule has 2 aromatic heterocycles. The molecule has 0 aliphatic rings. The van der Waals surface area contributed by atoms with Crippen molar-refractivity contribution in [3.63, 3.8) is 0 Å². The molecule has 3 N–H and O–H groups in total. The van der Waals surface area contributed by atoms with E-state index < -0.39 is 0 Å². The number of nitrogens with one attached hydrogen (secondary N) is 1. The van der Waals surface area contributed by atoms with Gasteiger partial charge in [0.1, 0.15) is 5.39 Å². The van der Waals surface area contributed by atoms with E-state index in [-0.39, 0.29) is 5.95 Å². The van der Waals surface area contributed by atoms with E-state index in [1.54, 1.807) is 6.20 Å². The number of rotatable bonds is 4. The predicted octanol–water partition coefficient (Wildman–Crippen LogP) is 1.28. The van der Waals surface area contributed by atoms with Crippen LogP contribution in [-0.2, 0) is 0 Å². The Hall–Kier alpha value is -2.11. The molecule has 84 valence electrons. The van der Waals surface area contributed by atoms with Gasteiger partial charge in [0.15, 0.2) is 5.65 Å². The van der Waals surface area contributed by atoms with Gasteiger partial charge < -0.3 is 10.5 Å². The lowest BCUT2D eigenvalue weighted by Gasteiger charge is -2.05. The number of anilines is 1. The number of fused-ring (bicyclic) bond motifs is 1. The van der Waals surface area contributed by atoms with Crippen LogP contribution >= 0.6 is 0 Å².